The van der Waals surface area contributed by atoms with Crippen LogP contribution >= 0.6 is 27.3 Å². The zero-order valence-corrected chi connectivity index (χ0v) is 13.2. The summed E-state index contributed by atoms with van der Waals surface area (Å²) in [6.45, 7) is 1.76. The number of halogens is 1. The first-order valence-electron chi connectivity index (χ1n) is 6.33. The molecule has 1 N–H and O–H groups in total. The zero-order chi connectivity index (χ0) is 13.8. The van der Waals surface area contributed by atoms with Crippen molar-refractivity contribution in [2.75, 3.05) is 0 Å². The molecule has 0 radical (unpaired) electrons. The molecule has 0 bridgehead atoms. The maximum Gasteiger partial charge on any atom is 0.0991 e. The van der Waals surface area contributed by atoms with E-state index in [1.165, 1.54) is 14.9 Å². The summed E-state index contributed by atoms with van der Waals surface area (Å²) in [6.07, 6.45) is 5.54. The highest BCUT2D eigenvalue weighted by molar-refractivity contribution is 9.10. The first kappa shape index (κ1) is 13.5. The standard InChI is InChI=1S/C15H14BrN3S/c16-14-5-8-20-15(14)10-18-9-12-1-3-13(4-2-12)19-7-6-17-11-19/h1-8,11,18H,9-10H2. The van der Waals surface area contributed by atoms with E-state index in [1.54, 1.807) is 17.5 Å². The van der Waals surface area contributed by atoms with Crippen LogP contribution in [0, 0.1) is 0 Å². The molecular weight excluding hydrogens is 334 g/mol. The molecule has 0 unspecified atom stereocenters. The van der Waals surface area contributed by atoms with Gasteiger partial charge in [-0.05, 0) is 45.1 Å². The Morgan fingerprint density at radius 1 is 1.15 bits per heavy atom. The van der Waals surface area contributed by atoms with E-state index in [9.17, 15) is 0 Å². The molecule has 102 valence electrons. The molecule has 20 heavy (non-hydrogen) atoms. The first-order valence-corrected chi connectivity index (χ1v) is 8.00. The highest BCUT2D eigenvalue weighted by atomic mass is 79.9. The Kier molecular flexibility index (Phi) is 4.30. The average Bonchev–Trinajstić information content (AvgIpc) is 3.12. The maximum absolute atomic E-state index is 4.05. The third-order valence-corrected chi connectivity index (χ3v) is 4.97. The van der Waals surface area contributed by atoms with E-state index in [4.69, 9.17) is 0 Å². The van der Waals surface area contributed by atoms with Gasteiger partial charge < -0.3 is 9.88 Å². The third kappa shape index (κ3) is 3.17. The number of imidazole rings is 1. The lowest BCUT2D eigenvalue weighted by molar-refractivity contribution is 0.699. The molecule has 0 saturated heterocycles. The first-order chi connectivity index (χ1) is 9.83. The summed E-state index contributed by atoms with van der Waals surface area (Å²) in [5.41, 5.74) is 2.41. The van der Waals surface area contributed by atoms with Crippen molar-refractivity contribution in [1.82, 2.24) is 14.9 Å². The quantitative estimate of drug-likeness (QED) is 0.756. The number of thiophene rings is 1. The van der Waals surface area contributed by atoms with Gasteiger partial charge in [-0.2, -0.15) is 0 Å². The average molecular weight is 348 g/mol. The van der Waals surface area contributed by atoms with E-state index in [0.29, 0.717) is 0 Å². The monoisotopic (exact) mass is 347 g/mol. The lowest BCUT2D eigenvalue weighted by atomic mass is 10.2. The van der Waals surface area contributed by atoms with Gasteiger partial charge in [0.2, 0.25) is 0 Å². The van der Waals surface area contributed by atoms with Gasteiger partial charge in [0, 0.05) is 40.5 Å². The number of nitrogens with one attached hydrogen (secondary N) is 1. The summed E-state index contributed by atoms with van der Waals surface area (Å²) in [5, 5.41) is 5.56. The molecule has 0 amide bonds. The van der Waals surface area contributed by atoms with Gasteiger partial charge in [-0.25, -0.2) is 4.98 Å². The number of nitrogens with zero attached hydrogens (tertiary/aromatic N) is 2. The zero-order valence-electron chi connectivity index (χ0n) is 10.8. The topological polar surface area (TPSA) is 29.9 Å². The number of hydrogen-bond acceptors (Lipinski definition) is 3. The van der Waals surface area contributed by atoms with Crippen LogP contribution in [0.5, 0.6) is 0 Å². The number of hydrogen-bond donors (Lipinski definition) is 1. The fourth-order valence-corrected chi connectivity index (χ4v) is 3.43. The SMILES string of the molecule is Brc1ccsc1CNCc1ccc(-n2ccnc2)cc1. The van der Waals surface area contributed by atoms with Crippen LogP contribution in [-0.2, 0) is 13.1 Å². The van der Waals surface area contributed by atoms with Crippen molar-refractivity contribution in [3.63, 3.8) is 0 Å². The van der Waals surface area contributed by atoms with Crippen molar-refractivity contribution in [2.45, 2.75) is 13.1 Å². The minimum atomic E-state index is 0.870. The van der Waals surface area contributed by atoms with Crippen LogP contribution in [0.1, 0.15) is 10.4 Å². The largest absolute Gasteiger partial charge is 0.308 e. The molecule has 2 aromatic heterocycles. The van der Waals surface area contributed by atoms with Crippen molar-refractivity contribution >= 4 is 27.3 Å². The van der Waals surface area contributed by atoms with Crippen molar-refractivity contribution in [3.8, 4) is 5.69 Å². The molecular formula is C15H14BrN3S. The third-order valence-electron chi connectivity index (χ3n) is 3.04. The van der Waals surface area contributed by atoms with E-state index in [2.05, 4.69) is 61.9 Å². The molecule has 1 aromatic carbocycles. The van der Waals surface area contributed by atoms with E-state index < -0.39 is 0 Å². The van der Waals surface area contributed by atoms with Gasteiger partial charge in [0.05, 0.1) is 6.33 Å². The molecule has 2 heterocycles. The Balaban J connectivity index is 1.57. The number of rotatable bonds is 5. The Labute approximate surface area is 130 Å². The van der Waals surface area contributed by atoms with Crippen LogP contribution in [0.2, 0.25) is 0 Å². The van der Waals surface area contributed by atoms with E-state index in [0.717, 1.165) is 18.8 Å². The molecule has 0 atom stereocenters. The minimum absolute atomic E-state index is 0.870. The predicted octanol–water partition coefficient (Wildman–Crippen LogP) is 3.99. The summed E-state index contributed by atoms with van der Waals surface area (Å²) in [5.74, 6) is 0. The molecule has 0 aliphatic heterocycles. The predicted molar refractivity (Wildman–Crippen MR) is 86.1 cm³/mol. The smallest absolute Gasteiger partial charge is 0.0991 e. The Morgan fingerprint density at radius 2 is 2.00 bits per heavy atom. The lowest BCUT2D eigenvalue weighted by Crippen LogP contribution is -2.12. The van der Waals surface area contributed by atoms with E-state index in [1.807, 2.05) is 17.1 Å². The maximum atomic E-state index is 4.05. The van der Waals surface area contributed by atoms with Gasteiger partial charge in [-0.15, -0.1) is 11.3 Å². The number of benzene rings is 1. The van der Waals surface area contributed by atoms with Crippen molar-refractivity contribution in [2.24, 2.45) is 0 Å². The summed E-state index contributed by atoms with van der Waals surface area (Å²) >= 11 is 5.31. The summed E-state index contributed by atoms with van der Waals surface area (Å²) in [6, 6.07) is 10.6. The Bertz CT molecular complexity index is 659. The molecule has 3 nitrogen and oxygen atoms in total. The molecule has 0 aliphatic carbocycles. The van der Waals surface area contributed by atoms with Gasteiger partial charge >= 0.3 is 0 Å². The molecule has 0 spiro atoms. The fourth-order valence-electron chi connectivity index (χ4n) is 1.97. The van der Waals surface area contributed by atoms with Crippen LogP contribution < -0.4 is 5.32 Å². The van der Waals surface area contributed by atoms with Crippen molar-refractivity contribution in [3.05, 3.63) is 69.3 Å². The van der Waals surface area contributed by atoms with Gasteiger partial charge in [-0.3, -0.25) is 0 Å². The van der Waals surface area contributed by atoms with Crippen LogP contribution in [0.3, 0.4) is 0 Å². The van der Waals surface area contributed by atoms with Gasteiger partial charge in [0.25, 0.3) is 0 Å². The second-order valence-corrected chi connectivity index (χ2v) is 6.29. The fraction of sp³-hybridized carbons (Fsp3) is 0.133. The normalized spacial score (nSPS) is 10.8. The Hall–Kier alpha value is -1.43. The lowest BCUT2D eigenvalue weighted by Gasteiger charge is -2.06. The van der Waals surface area contributed by atoms with Crippen LogP contribution in [-0.4, -0.2) is 9.55 Å². The highest BCUT2D eigenvalue weighted by Gasteiger charge is 2.01. The molecule has 0 aliphatic rings. The number of aromatic nitrogens is 2. The van der Waals surface area contributed by atoms with Gasteiger partial charge in [-0.1, -0.05) is 12.1 Å². The van der Waals surface area contributed by atoms with Gasteiger partial charge in [0.1, 0.15) is 0 Å². The summed E-state index contributed by atoms with van der Waals surface area (Å²) in [7, 11) is 0. The van der Waals surface area contributed by atoms with Crippen LogP contribution in [0.15, 0.2) is 58.9 Å². The van der Waals surface area contributed by atoms with Gasteiger partial charge in [0.15, 0.2) is 0 Å². The van der Waals surface area contributed by atoms with E-state index in [-0.39, 0.29) is 0 Å². The van der Waals surface area contributed by atoms with Crippen LogP contribution in [0.25, 0.3) is 5.69 Å². The molecule has 0 fully saturated rings. The second-order valence-electron chi connectivity index (χ2n) is 4.43. The van der Waals surface area contributed by atoms with Crippen LogP contribution in [0.4, 0.5) is 0 Å². The highest BCUT2D eigenvalue weighted by Crippen LogP contribution is 2.22. The van der Waals surface area contributed by atoms with Crippen molar-refractivity contribution < 1.29 is 0 Å². The minimum Gasteiger partial charge on any atom is -0.308 e. The van der Waals surface area contributed by atoms with Crippen molar-refractivity contribution in [1.29, 1.82) is 0 Å². The van der Waals surface area contributed by atoms with E-state index >= 15 is 0 Å². The molecule has 3 rings (SSSR count). The second kappa shape index (κ2) is 6.35. The molecule has 3 aromatic rings. The molecule has 0 saturated carbocycles. The molecule has 5 heteroatoms. The summed E-state index contributed by atoms with van der Waals surface area (Å²) in [4.78, 5) is 5.39. The summed E-state index contributed by atoms with van der Waals surface area (Å²) < 4.78 is 3.19. The Morgan fingerprint density at radius 3 is 2.65 bits per heavy atom.